The lowest BCUT2D eigenvalue weighted by Gasteiger charge is -2.24. The number of nitrogen functional groups attached to an aromatic ring is 1. The first-order chi connectivity index (χ1) is 9.88. The summed E-state index contributed by atoms with van der Waals surface area (Å²) in [4.78, 5) is 18.3. The summed E-state index contributed by atoms with van der Waals surface area (Å²) in [5.74, 6) is 1.01. The lowest BCUT2D eigenvalue weighted by Crippen LogP contribution is -2.41. The number of ether oxygens (including phenoxy) is 1. The van der Waals surface area contributed by atoms with Crippen molar-refractivity contribution >= 4 is 17.4 Å². The Bertz CT molecular complexity index is 473. The molecular weight excluding hydrogens is 268 g/mol. The zero-order valence-electron chi connectivity index (χ0n) is 13.5. The van der Waals surface area contributed by atoms with E-state index in [0.717, 1.165) is 0 Å². The second-order valence-electron chi connectivity index (χ2n) is 5.13. The average molecular weight is 294 g/mol. The van der Waals surface area contributed by atoms with Gasteiger partial charge in [-0.3, -0.25) is 4.79 Å². The summed E-state index contributed by atoms with van der Waals surface area (Å²) < 4.78 is 5.55. The van der Waals surface area contributed by atoms with Crippen molar-refractivity contribution in [2.24, 2.45) is 0 Å². The number of carbonyl (C=O) groups excluding carboxylic acids is 1. The Morgan fingerprint density at radius 1 is 1.33 bits per heavy atom. The Morgan fingerprint density at radius 2 is 1.95 bits per heavy atom. The van der Waals surface area contributed by atoms with Crippen LogP contribution in [0.1, 0.15) is 34.6 Å². The number of likely N-dealkylation sites (N-methyl/N-ethyl adjacent to an activating group) is 1. The second-order valence-corrected chi connectivity index (χ2v) is 5.13. The van der Waals surface area contributed by atoms with E-state index in [0.29, 0.717) is 30.5 Å². The molecule has 1 rings (SSSR count). The van der Waals surface area contributed by atoms with Gasteiger partial charge in [-0.25, -0.2) is 0 Å². The Labute approximate surface area is 126 Å². The van der Waals surface area contributed by atoms with Gasteiger partial charge in [0, 0.05) is 13.1 Å². The third-order valence-electron chi connectivity index (χ3n) is 3.05. The number of hydrogen-bond acceptors (Lipinski definition) is 5. The number of aromatic nitrogens is 1. The molecule has 0 saturated carbocycles. The number of carbonyl (C=O) groups is 1. The first kappa shape index (κ1) is 17.1. The van der Waals surface area contributed by atoms with Crippen molar-refractivity contribution in [3.05, 3.63) is 12.1 Å². The number of anilines is 2. The molecule has 0 aliphatic heterocycles. The van der Waals surface area contributed by atoms with Crippen molar-refractivity contribution in [2.45, 2.75) is 46.8 Å². The predicted octanol–water partition coefficient (Wildman–Crippen LogP) is 2.12. The Morgan fingerprint density at radius 3 is 2.48 bits per heavy atom. The van der Waals surface area contributed by atoms with Gasteiger partial charge in [0.2, 0.25) is 11.8 Å². The van der Waals surface area contributed by atoms with Gasteiger partial charge in [0.1, 0.15) is 11.9 Å². The van der Waals surface area contributed by atoms with E-state index in [1.165, 1.54) is 0 Å². The highest BCUT2D eigenvalue weighted by atomic mass is 16.5. The maximum Gasteiger partial charge on any atom is 0.244 e. The SMILES string of the molecule is CCN(CC)C(=O)C(C)Nc1ccc(N)c(OC(C)C)n1. The van der Waals surface area contributed by atoms with Gasteiger partial charge in [0.25, 0.3) is 0 Å². The molecule has 0 spiro atoms. The van der Waals surface area contributed by atoms with E-state index >= 15 is 0 Å². The fourth-order valence-electron chi connectivity index (χ4n) is 1.94. The van der Waals surface area contributed by atoms with Crippen LogP contribution in [-0.2, 0) is 4.79 Å². The van der Waals surface area contributed by atoms with Gasteiger partial charge in [-0.2, -0.15) is 4.98 Å². The first-order valence-electron chi connectivity index (χ1n) is 7.37. The topological polar surface area (TPSA) is 80.5 Å². The van der Waals surface area contributed by atoms with Crippen LogP contribution in [0, 0.1) is 0 Å². The van der Waals surface area contributed by atoms with Crippen LogP contribution in [0.3, 0.4) is 0 Å². The molecule has 1 amide bonds. The van der Waals surface area contributed by atoms with Gasteiger partial charge in [-0.1, -0.05) is 0 Å². The van der Waals surface area contributed by atoms with Gasteiger partial charge < -0.3 is 20.7 Å². The van der Waals surface area contributed by atoms with Crippen LogP contribution >= 0.6 is 0 Å². The van der Waals surface area contributed by atoms with Crippen LogP contribution in [0.15, 0.2) is 12.1 Å². The molecule has 1 unspecified atom stereocenters. The van der Waals surface area contributed by atoms with Crippen LogP contribution < -0.4 is 15.8 Å². The van der Waals surface area contributed by atoms with Gasteiger partial charge in [-0.05, 0) is 46.8 Å². The molecule has 0 bridgehead atoms. The third-order valence-corrected chi connectivity index (χ3v) is 3.05. The maximum absolute atomic E-state index is 12.2. The van der Waals surface area contributed by atoms with Gasteiger partial charge >= 0.3 is 0 Å². The summed E-state index contributed by atoms with van der Waals surface area (Å²) in [5.41, 5.74) is 6.31. The largest absolute Gasteiger partial charge is 0.473 e. The highest BCUT2D eigenvalue weighted by Gasteiger charge is 2.18. The molecular formula is C15H26N4O2. The number of nitrogens with zero attached hydrogens (tertiary/aromatic N) is 2. The monoisotopic (exact) mass is 294 g/mol. The molecule has 0 aliphatic carbocycles. The van der Waals surface area contributed by atoms with E-state index in [4.69, 9.17) is 10.5 Å². The van der Waals surface area contributed by atoms with Crippen molar-refractivity contribution in [1.82, 2.24) is 9.88 Å². The number of nitrogens with one attached hydrogen (secondary N) is 1. The van der Waals surface area contributed by atoms with Crippen molar-refractivity contribution in [2.75, 3.05) is 24.1 Å². The highest BCUT2D eigenvalue weighted by molar-refractivity contribution is 5.84. The van der Waals surface area contributed by atoms with Crippen LogP contribution in [0.25, 0.3) is 0 Å². The zero-order chi connectivity index (χ0) is 16.0. The van der Waals surface area contributed by atoms with Crippen molar-refractivity contribution in [3.63, 3.8) is 0 Å². The molecule has 0 fully saturated rings. The number of hydrogen-bond donors (Lipinski definition) is 2. The molecule has 1 atom stereocenters. The average Bonchev–Trinajstić information content (AvgIpc) is 2.43. The summed E-state index contributed by atoms with van der Waals surface area (Å²) >= 11 is 0. The van der Waals surface area contributed by atoms with E-state index < -0.39 is 0 Å². The fraction of sp³-hybridized carbons (Fsp3) is 0.600. The minimum atomic E-state index is -0.354. The fourth-order valence-corrected chi connectivity index (χ4v) is 1.94. The van der Waals surface area contributed by atoms with E-state index in [-0.39, 0.29) is 18.1 Å². The molecule has 1 aromatic heterocycles. The number of rotatable bonds is 7. The first-order valence-corrected chi connectivity index (χ1v) is 7.37. The van der Waals surface area contributed by atoms with E-state index in [2.05, 4.69) is 10.3 Å². The normalized spacial score (nSPS) is 12.1. The molecule has 0 aromatic carbocycles. The van der Waals surface area contributed by atoms with Crippen LogP contribution in [0.2, 0.25) is 0 Å². The van der Waals surface area contributed by atoms with Gasteiger partial charge in [-0.15, -0.1) is 0 Å². The highest BCUT2D eigenvalue weighted by Crippen LogP contribution is 2.22. The molecule has 6 nitrogen and oxygen atoms in total. The molecule has 21 heavy (non-hydrogen) atoms. The summed E-state index contributed by atoms with van der Waals surface area (Å²) in [7, 11) is 0. The van der Waals surface area contributed by atoms with E-state index in [9.17, 15) is 4.79 Å². The molecule has 1 heterocycles. The standard InChI is InChI=1S/C15H26N4O2/c1-6-19(7-2)15(20)11(5)17-13-9-8-12(16)14(18-13)21-10(3)4/h8-11H,6-7,16H2,1-5H3,(H,17,18). The summed E-state index contributed by atoms with van der Waals surface area (Å²) in [5, 5.41) is 3.09. The maximum atomic E-state index is 12.2. The number of amides is 1. The molecule has 3 N–H and O–H groups in total. The Balaban J connectivity index is 2.80. The Hall–Kier alpha value is -1.98. The molecule has 1 aromatic rings. The van der Waals surface area contributed by atoms with Crippen LogP contribution in [0.4, 0.5) is 11.5 Å². The predicted molar refractivity (Wildman–Crippen MR) is 85.4 cm³/mol. The van der Waals surface area contributed by atoms with Crippen molar-refractivity contribution in [1.29, 1.82) is 0 Å². The minimum absolute atomic E-state index is 0.00946. The third kappa shape index (κ3) is 4.81. The van der Waals surface area contributed by atoms with Crippen molar-refractivity contribution in [3.8, 4) is 5.88 Å². The number of nitrogens with two attached hydrogens (primary N) is 1. The lowest BCUT2D eigenvalue weighted by atomic mass is 10.2. The minimum Gasteiger partial charge on any atom is -0.473 e. The van der Waals surface area contributed by atoms with Gasteiger partial charge in [0.05, 0.1) is 11.8 Å². The van der Waals surface area contributed by atoms with Gasteiger partial charge in [0.15, 0.2) is 0 Å². The smallest absolute Gasteiger partial charge is 0.244 e. The number of pyridine rings is 1. The lowest BCUT2D eigenvalue weighted by molar-refractivity contribution is -0.131. The molecule has 0 aliphatic rings. The van der Waals surface area contributed by atoms with E-state index in [1.54, 1.807) is 17.0 Å². The summed E-state index contributed by atoms with van der Waals surface area (Å²) in [6.07, 6.45) is -0.00946. The van der Waals surface area contributed by atoms with Crippen molar-refractivity contribution < 1.29 is 9.53 Å². The molecule has 0 radical (unpaired) electrons. The quantitative estimate of drug-likeness (QED) is 0.805. The molecule has 0 saturated heterocycles. The zero-order valence-corrected chi connectivity index (χ0v) is 13.5. The van der Waals surface area contributed by atoms with E-state index in [1.807, 2.05) is 34.6 Å². The molecule has 118 valence electrons. The summed E-state index contributed by atoms with van der Waals surface area (Å²) in [6, 6.07) is 3.11. The molecule has 6 heteroatoms. The second kappa shape index (κ2) is 7.71. The summed E-state index contributed by atoms with van der Waals surface area (Å²) in [6.45, 7) is 11.0. The van der Waals surface area contributed by atoms with Crippen LogP contribution in [-0.4, -0.2) is 41.0 Å². The van der Waals surface area contributed by atoms with Crippen LogP contribution in [0.5, 0.6) is 5.88 Å². The Kier molecular flexibility index (Phi) is 6.27.